The van der Waals surface area contributed by atoms with E-state index in [4.69, 9.17) is 4.74 Å². The number of anilines is 3. The van der Waals surface area contributed by atoms with Crippen molar-refractivity contribution in [3.63, 3.8) is 0 Å². The fraction of sp³-hybridized carbons (Fsp3) is 0.429. The highest BCUT2D eigenvalue weighted by Crippen LogP contribution is 2.40. The molecule has 1 aliphatic heterocycles. The summed E-state index contributed by atoms with van der Waals surface area (Å²) in [6.07, 6.45) is 0.00555. The van der Waals surface area contributed by atoms with E-state index in [1.165, 1.54) is 18.4 Å². The zero-order valence-corrected chi connectivity index (χ0v) is 14.0. The van der Waals surface area contributed by atoms with Gasteiger partial charge < -0.3 is 10.1 Å². The standard InChI is InChI=1S/C14H19N3O5S/c1-4-22-14(19)8-7-13(18)15-10-5-6-11-12(9-10)17(3)23(20,21)16(11)2/h5-6,9H,4,7-8H2,1-3H3,(H,15,18). The third-order valence-corrected chi connectivity index (χ3v) is 5.27. The van der Waals surface area contributed by atoms with Gasteiger partial charge in [0.2, 0.25) is 5.91 Å². The summed E-state index contributed by atoms with van der Waals surface area (Å²) < 4.78 is 31.1. The van der Waals surface area contributed by atoms with Crippen LogP contribution in [0.3, 0.4) is 0 Å². The van der Waals surface area contributed by atoms with E-state index in [1.807, 2.05) is 0 Å². The average Bonchev–Trinajstić information content (AvgIpc) is 2.67. The number of carbonyl (C=O) groups is 2. The number of hydrogen-bond acceptors (Lipinski definition) is 5. The van der Waals surface area contributed by atoms with Gasteiger partial charge in [0.05, 0.1) is 24.4 Å². The van der Waals surface area contributed by atoms with E-state index in [0.717, 1.165) is 4.31 Å². The van der Waals surface area contributed by atoms with Crippen LogP contribution in [-0.2, 0) is 24.5 Å². The largest absolute Gasteiger partial charge is 0.466 e. The van der Waals surface area contributed by atoms with Crippen LogP contribution in [0.1, 0.15) is 19.8 Å². The van der Waals surface area contributed by atoms with Gasteiger partial charge in [0.1, 0.15) is 0 Å². The zero-order valence-electron chi connectivity index (χ0n) is 13.2. The number of esters is 1. The first-order valence-electron chi connectivity index (χ1n) is 7.09. The number of carbonyl (C=O) groups excluding carboxylic acids is 2. The zero-order chi connectivity index (χ0) is 17.2. The molecule has 9 heteroatoms. The van der Waals surface area contributed by atoms with Crippen molar-refractivity contribution in [3.05, 3.63) is 18.2 Å². The smallest absolute Gasteiger partial charge is 0.326 e. The Bertz CT molecular complexity index is 732. The first kappa shape index (κ1) is 17.1. The van der Waals surface area contributed by atoms with Crippen LogP contribution in [0, 0.1) is 0 Å². The lowest BCUT2D eigenvalue weighted by Gasteiger charge is -2.13. The van der Waals surface area contributed by atoms with Gasteiger partial charge in [-0.15, -0.1) is 0 Å². The van der Waals surface area contributed by atoms with E-state index in [0.29, 0.717) is 17.1 Å². The van der Waals surface area contributed by atoms with Gasteiger partial charge in [-0.1, -0.05) is 0 Å². The summed E-state index contributed by atoms with van der Waals surface area (Å²) in [7, 11) is -0.627. The van der Waals surface area contributed by atoms with Crippen LogP contribution >= 0.6 is 0 Å². The molecule has 0 bridgehead atoms. The molecule has 1 N–H and O–H groups in total. The van der Waals surface area contributed by atoms with Crippen LogP contribution in [0.4, 0.5) is 17.1 Å². The Morgan fingerprint density at radius 2 is 1.78 bits per heavy atom. The summed E-state index contributed by atoms with van der Waals surface area (Å²) in [4.78, 5) is 23.1. The molecule has 126 valence electrons. The number of hydrogen-bond donors (Lipinski definition) is 1. The molecule has 0 aliphatic carbocycles. The number of fused-ring (bicyclic) bond motifs is 1. The van der Waals surface area contributed by atoms with Gasteiger partial charge >= 0.3 is 16.2 Å². The highest BCUT2D eigenvalue weighted by molar-refractivity contribution is 7.94. The predicted molar refractivity (Wildman–Crippen MR) is 86.7 cm³/mol. The molecule has 23 heavy (non-hydrogen) atoms. The molecular formula is C14H19N3O5S. The van der Waals surface area contributed by atoms with Crippen LogP contribution in [0.5, 0.6) is 0 Å². The van der Waals surface area contributed by atoms with E-state index in [-0.39, 0.29) is 25.4 Å². The molecule has 0 radical (unpaired) electrons. The van der Waals surface area contributed by atoms with Gasteiger partial charge in [0, 0.05) is 26.2 Å². The molecule has 1 aromatic carbocycles. The quantitative estimate of drug-likeness (QED) is 0.809. The lowest BCUT2D eigenvalue weighted by molar-refractivity contribution is -0.144. The Balaban J connectivity index is 2.06. The highest BCUT2D eigenvalue weighted by Gasteiger charge is 2.35. The van der Waals surface area contributed by atoms with Gasteiger partial charge in [-0.3, -0.25) is 18.2 Å². The number of nitrogens with zero attached hydrogens (tertiary/aromatic N) is 2. The van der Waals surface area contributed by atoms with Crippen LogP contribution in [-0.4, -0.2) is 41.0 Å². The number of rotatable bonds is 5. The summed E-state index contributed by atoms with van der Waals surface area (Å²) in [6.45, 7) is 1.98. The molecule has 1 heterocycles. The maximum absolute atomic E-state index is 12.0. The topological polar surface area (TPSA) is 96.0 Å². The van der Waals surface area contributed by atoms with Crippen molar-refractivity contribution < 1.29 is 22.7 Å². The lowest BCUT2D eigenvalue weighted by atomic mass is 10.2. The van der Waals surface area contributed by atoms with Crippen molar-refractivity contribution in [2.45, 2.75) is 19.8 Å². The van der Waals surface area contributed by atoms with E-state index in [2.05, 4.69) is 5.32 Å². The molecule has 0 unspecified atom stereocenters. The van der Waals surface area contributed by atoms with Gasteiger partial charge in [-0.05, 0) is 25.1 Å². The van der Waals surface area contributed by atoms with Crippen molar-refractivity contribution in [2.75, 3.05) is 34.6 Å². The second-order valence-electron chi connectivity index (χ2n) is 5.00. The van der Waals surface area contributed by atoms with Gasteiger partial charge in [0.25, 0.3) is 0 Å². The maximum atomic E-state index is 12.0. The summed E-state index contributed by atoms with van der Waals surface area (Å²) in [6, 6.07) is 4.82. The second-order valence-corrected chi connectivity index (χ2v) is 6.99. The van der Waals surface area contributed by atoms with Gasteiger partial charge in [-0.2, -0.15) is 8.42 Å². The third kappa shape index (κ3) is 3.39. The average molecular weight is 341 g/mol. The molecule has 0 aromatic heterocycles. The molecule has 1 aliphatic rings. The monoisotopic (exact) mass is 341 g/mol. The summed E-state index contributed by atoms with van der Waals surface area (Å²) in [5, 5.41) is 2.65. The van der Waals surface area contributed by atoms with Gasteiger partial charge in [0.15, 0.2) is 0 Å². The van der Waals surface area contributed by atoms with Crippen molar-refractivity contribution in [3.8, 4) is 0 Å². The minimum Gasteiger partial charge on any atom is -0.466 e. The highest BCUT2D eigenvalue weighted by atomic mass is 32.2. The van der Waals surface area contributed by atoms with E-state index >= 15 is 0 Å². The van der Waals surface area contributed by atoms with E-state index in [1.54, 1.807) is 25.1 Å². The van der Waals surface area contributed by atoms with Crippen LogP contribution < -0.4 is 13.9 Å². The maximum Gasteiger partial charge on any atom is 0.326 e. The van der Waals surface area contributed by atoms with Gasteiger partial charge in [-0.25, -0.2) is 0 Å². The van der Waals surface area contributed by atoms with E-state index in [9.17, 15) is 18.0 Å². The molecular weight excluding hydrogens is 322 g/mol. The Labute approximate surface area is 135 Å². The Hall–Kier alpha value is -2.29. The molecule has 0 atom stereocenters. The van der Waals surface area contributed by atoms with Crippen LogP contribution in [0.25, 0.3) is 0 Å². The van der Waals surface area contributed by atoms with Crippen molar-refractivity contribution in [1.82, 2.24) is 0 Å². The van der Waals surface area contributed by atoms with Crippen molar-refractivity contribution >= 4 is 39.1 Å². The first-order chi connectivity index (χ1) is 10.8. The summed E-state index contributed by atoms with van der Waals surface area (Å²) in [5.74, 6) is -0.765. The SMILES string of the molecule is CCOC(=O)CCC(=O)Nc1ccc2c(c1)N(C)S(=O)(=O)N2C. The number of nitrogens with one attached hydrogen (secondary N) is 1. The molecule has 1 amide bonds. The minimum atomic E-state index is -3.54. The number of ether oxygens (including phenoxy) is 1. The normalized spacial score (nSPS) is 15.3. The lowest BCUT2D eigenvalue weighted by Crippen LogP contribution is -2.32. The molecule has 0 saturated carbocycles. The Kier molecular flexibility index (Phi) is 4.79. The summed E-state index contributed by atoms with van der Waals surface area (Å²) in [5.41, 5.74) is 1.49. The minimum absolute atomic E-state index is 0.00162. The van der Waals surface area contributed by atoms with Crippen LogP contribution in [0.15, 0.2) is 18.2 Å². The molecule has 1 aromatic rings. The third-order valence-electron chi connectivity index (χ3n) is 3.49. The Morgan fingerprint density at radius 3 is 2.43 bits per heavy atom. The molecule has 0 spiro atoms. The molecule has 2 rings (SSSR count). The summed E-state index contributed by atoms with van der Waals surface area (Å²) >= 11 is 0. The predicted octanol–water partition coefficient (Wildman–Crippen LogP) is 1.10. The second kappa shape index (κ2) is 6.45. The number of amides is 1. The Morgan fingerprint density at radius 1 is 1.13 bits per heavy atom. The molecule has 0 fully saturated rings. The fourth-order valence-corrected chi connectivity index (χ4v) is 3.39. The van der Waals surface area contributed by atoms with E-state index < -0.39 is 16.2 Å². The molecule has 8 nitrogen and oxygen atoms in total. The fourth-order valence-electron chi connectivity index (χ4n) is 2.22. The van der Waals surface area contributed by atoms with Crippen molar-refractivity contribution in [1.29, 1.82) is 0 Å². The number of benzene rings is 1. The molecule has 0 saturated heterocycles. The van der Waals surface area contributed by atoms with Crippen LogP contribution in [0.2, 0.25) is 0 Å². The van der Waals surface area contributed by atoms with Crippen molar-refractivity contribution in [2.24, 2.45) is 0 Å². The first-order valence-corrected chi connectivity index (χ1v) is 8.49.